The van der Waals surface area contributed by atoms with E-state index in [4.69, 9.17) is 10.2 Å². The van der Waals surface area contributed by atoms with E-state index in [0.29, 0.717) is 17.3 Å². The molecule has 2 aromatic rings. The van der Waals surface area contributed by atoms with Crippen LogP contribution < -0.4 is 11.1 Å². The summed E-state index contributed by atoms with van der Waals surface area (Å²) in [5, 5.41) is 2.76. The topological polar surface area (TPSA) is 81.2 Å². The van der Waals surface area contributed by atoms with Crippen molar-refractivity contribution in [1.29, 1.82) is 0 Å². The number of oxazole rings is 1. The number of nitrogens with zero attached hydrogens (tertiary/aromatic N) is 1. The summed E-state index contributed by atoms with van der Waals surface area (Å²) < 4.78 is 5.42. The molecule has 3 N–H and O–H groups in total. The van der Waals surface area contributed by atoms with Crippen LogP contribution in [0.15, 0.2) is 22.7 Å². The van der Waals surface area contributed by atoms with E-state index in [9.17, 15) is 4.79 Å². The molecular weight excluding hydrogens is 274 g/mol. The Labute approximate surface area is 121 Å². The molecule has 0 saturated carbocycles. The Hall–Kier alpha value is -2.10. The fraction of sp³-hybridized carbons (Fsp3) is 0.286. The number of carbonyl (C=O) groups is 1. The Bertz CT molecular complexity index is 649. The van der Waals surface area contributed by atoms with Crippen LogP contribution in [0.25, 0.3) is 0 Å². The van der Waals surface area contributed by atoms with Gasteiger partial charge in [-0.15, -0.1) is 11.3 Å². The first-order valence-electron chi connectivity index (χ1n) is 6.23. The van der Waals surface area contributed by atoms with Crippen molar-refractivity contribution >= 4 is 17.2 Å². The fourth-order valence-corrected chi connectivity index (χ4v) is 2.30. The summed E-state index contributed by atoms with van der Waals surface area (Å²) in [7, 11) is 0. The number of amides is 1. The lowest BCUT2D eigenvalue weighted by Crippen LogP contribution is -2.21. The first-order chi connectivity index (χ1) is 9.72. The molecule has 0 fully saturated rings. The molecule has 0 aliphatic rings. The molecule has 0 spiro atoms. The molecule has 2 aromatic heterocycles. The van der Waals surface area contributed by atoms with Gasteiger partial charge < -0.3 is 15.5 Å². The summed E-state index contributed by atoms with van der Waals surface area (Å²) in [4.78, 5) is 17.5. The third-order valence-corrected chi connectivity index (χ3v) is 3.49. The number of aromatic nitrogens is 1. The maximum Gasteiger partial charge on any atom is 0.261 e. The Morgan fingerprint density at radius 1 is 1.55 bits per heavy atom. The van der Waals surface area contributed by atoms with Crippen LogP contribution in [-0.2, 0) is 13.0 Å². The summed E-state index contributed by atoms with van der Waals surface area (Å²) in [5.74, 6) is 6.81. The maximum atomic E-state index is 11.9. The molecular formula is C14H15N3O2S. The van der Waals surface area contributed by atoms with Crippen LogP contribution >= 0.6 is 11.3 Å². The first-order valence-corrected chi connectivity index (χ1v) is 7.05. The van der Waals surface area contributed by atoms with Gasteiger partial charge in [0, 0.05) is 6.42 Å². The van der Waals surface area contributed by atoms with Crippen LogP contribution in [0.4, 0.5) is 0 Å². The number of hydrogen-bond donors (Lipinski definition) is 2. The van der Waals surface area contributed by atoms with Crippen molar-refractivity contribution in [1.82, 2.24) is 10.3 Å². The molecule has 2 heterocycles. The molecule has 0 bridgehead atoms. The second-order valence-corrected chi connectivity index (χ2v) is 5.01. The van der Waals surface area contributed by atoms with E-state index >= 15 is 0 Å². The fourth-order valence-electron chi connectivity index (χ4n) is 1.50. The zero-order chi connectivity index (χ0) is 14.4. The predicted molar refractivity (Wildman–Crippen MR) is 77.3 cm³/mol. The van der Waals surface area contributed by atoms with Gasteiger partial charge in [0.2, 0.25) is 5.89 Å². The number of thiophene rings is 1. The molecule has 20 heavy (non-hydrogen) atoms. The smallest absolute Gasteiger partial charge is 0.261 e. The quantitative estimate of drug-likeness (QED) is 0.837. The summed E-state index contributed by atoms with van der Waals surface area (Å²) in [5.41, 5.74) is 5.30. The summed E-state index contributed by atoms with van der Waals surface area (Å²) in [6, 6.07) is 3.55. The number of rotatable bonds is 4. The molecule has 5 nitrogen and oxygen atoms in total. The molecule has 6 heteroatoms. The van der Waals surface area contributed by atoms with Crippen molar-refractivity contribution in [2.75, 3.05) is 6.54 Å². The number of hydrogen-bond acceptors (Lipinski definition) is 5. The lowest BCUT2D eigenvalue weighted by Gasteiger charge is -1.99. The predicted octanol–water partition coefficient (Wildman–Crippen LogP) is 1.54. The Kier molecular flexibility index (Phi) is 4.93. The third-order valence-electron chi connectivity index (χ3n) is 2.49. The number of carbonyl (C=O) groups excluding carboxylic acids is 1. The zero-order valence-electron chi connectivity index (χ0n) is 11.1. The molecule has 1 amide bonds. The van der Waals surface area contributed by atoms with Gasteiger partial charge in [0.1, 0.15) is 5.76 Å². The molecule has 0 aromatic carbocycles. The third kappa shape index (κ3) is 3.70. The highest BCUT2D eigenvalue weighted by atomic mass is 32.1. The normalized spacial score (nSPS) is 9.90. The lowest BCUT2D eigenvalue weighted by atomic mass is 10.4. The van der Waals surface area contributed by atoms with Crippen molar-refractivity contribution in [3.63, 3.8) is 0 Å². The van der Waals surface area contributed by atoms with Gasteiger partial charge in [-0.05, 0) is 12.1 Å². The van der Waals surface area contributed by atoms with E-state index in [1.807, 2.05) is 13.0 Å². The van der Waals surface area contributed by atoms with Gasteiger partial charge in [0.15, 0.2) is 0 Å². The summed E-state index contributed by atoms with van der Waals surface area (Å²) >= 11 is 1.33. The van der Waals surface area contributed by atoms with Crippen molar-refractivity contribution in [3.8, 4) is 11.8 Å². The largest absolute Gasteiger partial charge is 0.444 e. The summed E-state index contributed by atoms with van der Waals surface area (Å²) in [6.07, 6.45) is 2.46. The van der Waals surface area contributed by atoms with Gasteiger partial charge in [0.25, 0.3) is 5.91 Å². The van der Waals surface area contributed by atoms with E-state index in [0.717, 1.165) is 17.1 Å². The van der Waals surface area contributed by atoms with E-state index in [1.54, 1.807) is 12.3 Å². The summed E-state index contributed by atoms with van der Waals surface area (Å²) in [6.45, 7) is 2.57. The van der Waals surface area contributed by atoms with Gasteiger partial charge in [-0.3, -0.25) is 4.79 Å². The van der Waals surface area contributed by atoms with Crippen LogP contribution in [0.1, 0.15) is 33.1 Å². The average Bonchev–Trinajstić information content (AvgIpc) is 3.11. The van der Waals surface area contributed by atoms with Crippen LogP contribution in [-0.4, -0.2) is 17.4 Å². The number of aryl methyl sites for hydroxylation is 1. The van der Waals surface area contributed by atoms with E-state index in [2.05, 4.69) is 22.1 Å². The molecule has 0 saturated heterocycles. The molecule has 2 rings (SSSR count). The monoisotopic (exact) mass is 289 g/mol. The second-order valence-electron chi connectivity index (χ2n) is 3.93. The van der Waals surface area contributed by atoms with Crippen molar-refractivity contribution in [2.24, 2.45) is 5.73 Å². The van der Waals surface area contributed by atoms with E-state index < -0.39 is 0 Å². The molecule has 0 aliphatic carbocycles. The second kappa shape index (κ2) is 6.89. The maximum absolute atomic E-state index is 11.9. The van der Waals surface area contributed by atoms with Gasteiger partial charge in [0.05, 0.1) is 29.0 Å². The minimum atomic E-state index is -0.160. The van der Waals surface area contributed by atoms with Gasteiger partial charge in [-0.1, -0.05) is 18.8 Å². The van der Waals surface area contributed by atoms with Gasteiger partial charge in [-0.2, -0.15) is 0 Å². The molecule has 0 radical (unpaired) electrons. The van der Waals surface area contributed by atoms with Crippen molar-refractivity contribution in [2.45, 2.75) is 19.9 Å². The Morgan fingerprint density at radius 3 is 3.10 bits per heavy atom. The number of nitrogens with one attached hydrogen (secondary N) is 1. The molecule has 0 aliphatic heterocycles. The van der Waals surface area contributed by atoms with Crippen molar-refractivity contribution in [3.05, 3.63) is 39.7 Å². The highest BCUT2D eigenvalue weighted by molar-refractivity contribution is 7.14. The van der Waals surface area contributed by atoms with Crippen LogP contribution in [0.5, 0.6) is 0 Å². The average molecular weight is 289 g/mol. The highest BCUT2D eigenvalue weighted by Gasteiger charge is 2.10. The van der Waals surface area contributed by atoms with Gasteiger partial charge >= 0.3 is 0 Å². The minimum Gasteiger partial charge on any atom is -0.444 e. The van der Waals surface area contributed by atoms with E-state index in [-0.39, 0.29) is 12.5 Å². The minimum absolute atomic E-state index is 0.160. The lowest BCUT2D eigenvalue weighted by molar-refractivity contribution is 0.0951. The highest BCUT2D eigenvalue weighted by Crippen LogP contribution is 2.15. The first kappa shape index (κ1) is 14.3. The van der Waals surface area contributed by atoms with E-state index in [1.165, 1.54) is 11.3 Å². The Balaban J connectivity index is 1.92. The van der Waals surface area contributed by atoms with Crippen molar-refractivity contribution < 1.29 is 9.21 Å². The van der Waals surface area contributed by atoms with Crippen LogP contribution in [0.3, 0.4) is 0 Å². The van der Waals surface area contributed by atoms with Gasteiger partial charge in [-0.25, -0.2) is 4.98 Å². The standard InChI is InChI=1S/C14H15N3O2S/c1-2-10-8-16-13(19-10)9-17-14(18)12-6-5-11(20-12)4-3-7-15/h5-6,8H,2,7,9,15H2,1H3,(H,17,18). The number of nitrogens with two attached hydrogens (primary N) is 1. The zero-order valence-corrected chi connectivity index (χ0v) is 11.9. The Morgan fingerprint density at radius 2 is 2.40 bits per heavy atom. The molecule has 104 valence electrons. The van der Waals surface area contributed by atoms with Crippen LogP contribution in [0.2, 0.25) is 0 Å². The SMILES string of the molecule is CCc1cnc(CNC(=O)c2ccc(C#CCN)s2)o1. The molecule has 0 atom stereocenters. The molecule has 0 unspecified atom stereocenters. The van der Waals surface area contributed by atoms with Crippen LogP contribution in [0, 0.1) is 11.8 Å².